The third-order valence-corrected chi connectivity index (χ3v) is 2.88. The number of hydrogen-bond donors (Lipinski definition) is 2. The van der Waals surface area contributed by atoms with Crippen LogP contribution in [0.1, 0.15) is 29.9 Å². The lowest BCUT2D eigenvalue weighted by atomic mass is 10.1. The van der Waals surface area contributed by atoms with Crippen molar-refractivity contribution >= 4 is 0 Å². The van der Waals surface area contributed by atoms with Gasteiger partial charge in [0.2, 0.25) is 0 Å². The molecule has 2 rings (SSSR count). The quantitative estimate of drug-likeness (QED) is 0.841. The summed E-state index contributed by atoms with van der Waals surface area (Å²) < 4.78 is 0. The molecule has 1 unspecified atom stereocenters. The molecule has 0 radical (unpaired) electrons. The predicted octanol–water partition coefficient (Wildman–Crippen LogP) is 2.17. The Bertz CT molecular complexity index is 525. The van der Waals surface area contributed by atoms with Gasteiger partial charge in [0.15, 0.2) is 0 Å². The number of rotatable bonds is 5. The molecule has 4 nitrogen and oxygen atoms in total. The zero-order valence-corrected chi connectivity index (χ0v) is 10.4. The van der Waals surface area contributed by atoms with E-state index in [2.05, 4.69) is 28.3 Å². The van der Waals surface area contributed by atoms with Crippen LogP contribution in [0.15, 0.2) is 36.7 Å². The summed E-state index contributed by atoms with van der Waals surface area (Å²) in [5, 5.41) is 12.3. The van der Waals surface area contributed by atoms with E-state index >= 15 is 0 Å². The number of aromatic nitrogens is 2. The van der Waals surface area contributed by atoms with E-state index in [1.54, 1.807) is 6.20 Å². The van der Waals surface area contributed by atoms with Crippen molar-refractivity contribution in [1.82, 2.24) is 15.3 Å². The fourth-order valence-corrected chi connectivity index (χ4v) is 1.84. The van der Waals surface area contributed by atoms with Crippen LogP contribution in [-0.2, 0) is 6.42 Å². The maximum Gasteiger partial charge on any atom is 0.107 e. The van der Waals surface area contributed by atoms with Gasteiger partial charge in [0, 0.05) is 31.4 Å². The molecule has 18 heavy (non-hydrogen) atoms. The van der Waals surface area contributed by atoms with Crippen molar-refractivity contribution in [3.63, 3.8) is 0 Å². The van der Waals surface area contributed by atoms with Gasteiger partial charge < -0.3 is 10.3 Å². The van der Waals surface area contributed by atoms with Gasteiger partial charge >= 0.3 is 0 Å². The second-order valence-corrected chi connectivity index (χ2v) is 4.20. The molecule has 92 valence electrons. The SMILES string of the molecule is CC(NCCc1ncc[nH]1)c1cccc(C#N)c1. The van der Waals surface area contributed by atoms with E-state index in [0.29, 0.717) is 5.56 Å². The predicted molar refractivity (Wildman–Crippen MR) is 69.9 cm³/mol. The maximum atomic E-state index is 8.86. The molecule has 0 saturated carbocycles. The normalized spacial score (nSPS) is 12.0. The van der Waals surface area contributed by atoms with Gasteiger partial charge in [-0.05, 0) is 24.6 Å². The van der Waals surface area contributed by atoms with Crippen molar-refractivity contribution in [1.29, 1.82) is 5.26 Å². The van der Waals surface area contributed by atoms with Crippen LogP contribution in [0, 0.1) is 11.3 Å². The lowest BCUT2D eigenvalue weighted by Crippen LogP contribution is -2.21. The second kappa shape index (κ2) is 5.99. The summed E-state index contributed by atoms with van der Waals surface area (Å²) in [6, 6.07) is 10.1. The third-order valence-electron chi connectivity index (χ3n) is 2.88. The van der Waals surface area contributed by atoms with Crippen LogP contribution in [0.2, 0.25) is 0 Å². The molecule has 0 saturated heterocycles. The Hall–Kier alpha value is -2.12. The lowest BCUT2D eigenvalue weighted by Gasteiger charge is -2.13. The molecular formula is C14H16N4. The molecule has 0 aliphatic carbocycles. The summed E-state index contributed by atoms with van der Waals surface area (Å²) in [5.41, 5.74) is 1.83. The Balaban J connectivity index is 1.87. The highest BCUT2D eigenvalue weighted by Crippen LogP contribution is 2.13. The summed E-state index contributed by atoms with van der Waals surface area (Å²) >= 11 is 0. The highest BCUT2D eigenvalue weighted by atomic mass is 14.9. The Labute approximate surface area is 107 Å². The van der Waals surface area contributed by atoms with Crippen molar-refractivity contribution in [2.45, 2.75) is 19.4 Å². The molecule has 1 aromatic carbocycles. The van der Waals surface area contributed by atoms with E-state index in [0.717, 1.165) is 24.4 Å². The highest BCUT2D eigenvalue weighted by Gasteiger charge is 2.05. The molecule has 0 aliphatic heterocycles. The summed E-state index contributed by atoms with van der Waals surface area (Å²) in [5.74, 6) is 0.987. The van der Waals surface area contributed by atoms with Gasteiger partial charge in [-0.3, -0.25) is 0 Å². The van der Waals surface area contributed by atoms with Crippen LogP contribution >= 0.6 is 0 Å². The van der Waals surface area contributed by atoms with Crippen molar-refractivity contribution < 1.29 is 0 Å². The fraction of sp³-hybridized carbons (Fsp3) is 0.286. The van der Waals surface area contributed by atoms with Crippen molar-refractivity contribution in [3.8, 4) is 6.07 Å². The number of H-pyrrole nitrogens is 1. The van der Waals surface area contributed by atoms with Crippen LogP contribution in [0.25, 0.3) is 0 Å². The van der Waals surface area contributed by atoms with Gasteiger partial charge in [-0.2, -0.15) is 5.26 Å². The Morgan fingerprint density at radius 2 is 2.39 bits per heavy atom. The summed E-state index contributed by atoms with van der Waals surface area (Å²) in [6.07, 6.45) is 4.46. The van der Waals surface area contributed by atoms with E-state index in [9.17, 15) is 0 Å². The summed E-state index contributed by atoms with van der Waals surface area (Å²) in [6.45, 7) is 2.95. The van der Waals surface area contributed by atoms with E-state index < -0.39 is 0 Å². The van der Waals surface area contributed by atoms with Gasteiger partial charge in [0.25, 0.3) is 0 Å². The molecule has 2 N–H and O–H groups in total. The average molecular weight is 240 g/mol. The van der Waals surface area contributed by atoms with Crippen LogP contribution < -0.4 is 5.32 Å². The number of nitrogens with one attached hydrogen (secondary N) is 2. The highest BCUT2D eigenvalue weighted by molar-refractivity contribution is 5.33. The number of nitrogens with zero attached hydrogens (tertiary/aromatic N) is 2. The minimum Gasteiger partial charge on any atom is -0.349 e. The first kappa shape index (κ1) is 12.3. The lowest BCUT2D eigenvalue weighted by molar-refractivity contribution is 0.571. The molecule has 1 heterocycles. The van der Waals surface area contributed by atoms with E-state index in [-0.39, 0.29) is 6.04 Å². The Morgan fingerprint density at radius 3 is 3.11 bits per heavy atom. The maximum absolute atomic E-state index is 8.86. The van der Waals surface area contributed by atoms with E-state index in [1.165, 1.54) is 0 Å². The minimum absolute atomic E-state index is 0.230. The molecule has 2 aromatic rings. The van der Waals surface area contributed by atoms with Crippen LogP contribution in [-0.4, -0.2) is 16.5 Å². The average Bonchev–Trinajstić information content (AvgIpc) is 2.92. The van der Waals surface area contributed by atoms with Gasteiger partial charge in [0.1, 0.15) is 5.82 Å². The molecule has 0 amide bonds. The van der Waals surface area contributed by atoms with E-state index in [1.807, 2.05) is 30.5 Å². The number of hydrogen-bond acceptors (Lipinski definition) is 3. The van der Waals surface area contributed by atoms with Crippen molar-refractivity contribution in [3.05, 3.63) is 53.6 Å². The summed E-state index contributed by atoms with van der Waals surface area (Å²) in [7, 11) is 0. The molecule has 4 heteroatoms. The molecule has 0 aliphatic rings. The zero-order chi connectivity index (χ0) is 12.8. The topological polar surface area (TPSA) is 64.5 Å². The second-order valence-electron chi connectivity index (χ2n) is 4.20. The zero-order valence-electron chi connectivity index (χ0n) is 10.4. The van der Waals surface area contributed by atoms with Gasteiger partial charge in [-0.25, -0.2) is 4.98 Å². The van der Waals surface area contributed by atoms with Crippen LogP contribution in [0.4, 0.5) is 0 Å². The van der Waals surface area contributed by atoms with Gasteiger partial charge in [-0.15, -0.1) is 0 Å². The fourth-order valence-electron chi connectivity index (χ4n) is 1.84. The smallest absolute Gasteiger partial charge is 0.107 e. The molecule has 1 aromatic heterocycles. The largest absolute Gasteiger partial charge is 0.349 e. The first-order valence-corrected chi connectivity index (χ1v) is 6.01. The van der Waals surface area contributed by atoms with Crippen LogP contribution in [0.5, 0.6) is 0 Å². The first-order chi connectivity index (χ1) is 8.79. The number of aromatic amines is 1. The van der Waals surface area contributed by atoms with Crippen LogP contribution in [0.3, 0.4) is 0 Å². The number of imidazole rings is 1. The van der Waals surface area contributed by atoms with Gasteiger partial charge in [0.05, 0.1) is 11.6 Å². The Kier molecular flexibility index (Phi) is 4.11. The molecule has 0 bridgehead atoms. The Morgan fingerprint density at radius 1 is 1.50 bits per heavy atom. The molecule has 0 fully saturated rings. The van der Waals surface area contributed by atoms with Crippen molar-refractivity contribution in [2.24, 2.45) is 0 Å². The van der Waals surface area contributed by atoms with Gasteiger partial charge in [-0.1, -0.05) is 12.1 Å². The van der Waals surface area contributed by atoms with E-state index in [4.69, 9.17) is 5.26 Å². The third kappa shape index (κ3) is 3.19. The molecular weight excluding hydrogens is 224 g/mol. The molecule has 1 atom stereocenters. The number of benzene rings is 1. The minimum atomic E-state index is 0.230. The first-order valence-electron chi connectivity index (χ1n) is 6.01. The standard InChI is InChI=1S/C14H16N4/c1-11(13-4-2-3-12(9-13)10-15)16-6-5-14-17-7-8-18-14/h2-4,7-9,11,16H,5-6H2,1H3,(H,17,18). The molecule has 0 spiro atoms. The summed E-state index contributed by atoms with van der Waals surface area (Å²) in [4.78, 5) is 7.25. The number of nitriles is 1. The monoisotopic (exact) mass is 240 g/mol. The van der Waals surface area contributed by atoms with Crippen molar-refractivity contribution in [2.75, 3.05) is 6.54 Å².